The van der Waals surface area contributed by atoms with Gasteiger partial charge in [-0.1, -0.05) is 12.1 Å². The van der Waals surface area contributed by atoms with E-state index >= 15 is 0 Å². The predicted molar refractivity (Wildman–Crippen MR) is 80.6 cm³/mol. The van der Waals surface area contributed by atoms with Gasteiger partial charge in [-0.2, -0.15) is 0 Å². The van der Waals surface area contributed by atoms with Gasteiger partial charge in [0, 0.05) is 13.2 Å². The Morgan fingerprint density at radius 3 is 2.95 bits per heavy atom. The van der Waals surface area contributed by atoms with Gasteiger partial charge in [0.05, 0.1) is 23.5 Å². The van der Waals surface area contributed by atoms with Crippen LogP contribution in [0.4, 0.5) is 11.4 Å². The fourth-order valence-electron chi connectivity index (χ4n) is 2.32. The zero-order valence-electron chi connectivity index (χ0n) is 12.1. The first-order valence-electron chi connectivity index (χ1n) is 7.05. The summed E-state index contributed by atoms with van der Waals surface area (Å²) in [7, 11) is 1.94. The van der Waals surface area contributed by atoms with Crippen molar-refractivity contribution in [2.24, 2.45) is 0 Å². The topological polar surface area (TPSA) is 67.6 Å². The number of carbonyl (C=O) groups excluding carboxylic acids is 1. The number of benzene rings is 1. The molecule has 1 fully saturated rings. The van der Waals surface area contributed by atoms with Crippen LogP contribution >= 0.6 is 0 Å². The van der Waals surface area contributed by atoms with E-state index in [9.17, 15) is 4.79 Å². The highest BCUT2D eigenvalue weighted by atomic mass is 16.5. The van der Waals surface area contributed by atoms with Crippen LogP contribution in [0.1, 0.15) is 19.8 Å². The average molecular weight is 277 g/mol. The van der Waals surface area contributed by atoms with Crippen LogP contribution in [-0.4, -0.2) is 43.2 Å². The largest absolute Gasteiger partial charge is 0.397 e. The molecule has 0 aromatic heterocycles. The van der Waals surface area contributed by atoms with Gasteiger partial charge in [-0.25, -0.2) is 0 Å². The van der Waals surface area contributed by atoms with Crippen LogP contribution in [0.5, 0.6) is 0 Å². The van der Waals surface area contributed by atoms with Crippen molar-refractivity contribution < 1.29 is 9.53 Å². The number of hydrogen-bond acceptors (Lipinski definition) is 4. The number of hydrogen-bond donors (Lipinski definition) is 2. The first-order valence-corrected chi connectivity index (χ1v) is 7.05. The van der Waals surface area contributed by atoms with E-state index in [2.05, 4.69) is 5.32 Å². The van der Waals surface area contributed by atoms with E-state index in [4.69, 9.17) is 10.5 Å². The second kappa shape index (κ2) is 6.72. The molecule has 0 aliphatic carbocycles. The van der Waals surface area contributed by atoms with Crippen molar-refractivity contribution in [3.05, 3.63) is 24.3 Å². The van der Waals surface area contributed by atoms with Gasteiger partial charge in [-0.3, -0.25) is 9.69 Å². The number of nitrogens with zero attached hydrogens (tertiary/aromatic N) is 1. The van der Waals surface area contributed by atoms with Crippen molar-refractivity contribution in [3.63, 3.8) is 0 Å². The molecule has 1 amide bonds. The Bertz CT molecular complexity index is 458. The van der Waals surface area contributed by atoms with Crippen molar-refractivity contribution >= 4 is 17.3 Å². The number of para-hydroxylation sites is 2. The Labute approximate surface area is 120 Å². The molecule has 1 saturated heterocycles. The summed E-state index contributed by atoms with van der Waals surface area (Å²) in [6.45, 7) is 3.50. The third-order valence-corrected chi connectivity index (χ3v) is 3.77. The van der Waals surface area contributed by atoms with E-state index in [1.165, 1.54) is 0 Å². The number of likely N-dealkylation sites (N-methyl/N-ethyl adjacent to an activating group) is 1. The van der Waals surface area contributed by atoms with Crippen LogP contribution in [0.2, 0.25) is 0 Å². The van der Waals surface area contributed by atoms with Gasteiger partial charge < -0.3 is 15.8 Å². The Balaban J connectivity index is 1.89. The number of nitrogens with two attached hydrogens (primary N) is 1. The molecule has 110 valence electrons. The van der Waals surface area contributed by atoms with E-state index in [0.29, 0.717) is 11.4 Å². The molecule has 2 atom stereocenters. The van der Waals surface area contributed by atoms with E-state index in [-0.39, 0.29) is 18.1 Å². The van der Waals surface area contributed by atoms with Crippen molar-refractivity contribution in [3.8, 4) is 0 Å². The van der Waals surface area contributed by atoms with E-state index < -0.39 is 0 Å². The van der Waals surface area contributed by atoms with Crippen LogP contribution in [0.25, 0.3) is 0 Å². The monoisotopic (exact) mass is 277 g/mol. The van der Waals surface area contributed by atoms with Gasteiger partial charge in [-0.05, 0) is 38.9 Å². The summed E-state index contributed by atoms with van der Waals surface area (Å²) in [6.07, 6.45) is 2.43. The normalized spacial score (nSPS) is 20.1. The zero-order valence-corrected chi connectivity index (χ0v) is 12.1. The average Bonchev–Trinajstić information content (AvgIpc) is 2.93. The Morgan fingerprint density at radius 2 is 2.30 bits per heavy atom. The lowest BCUT2D eigenvalue weighted by molar-refractivity contribution is -0.120. The third-order valence-electron chi connectivity index (χ3n) is 3.77. The molecule has 0 radical (unpaired) electrons. The minimum absolute atomic E-state index is 0.0524. The lowest BCUT2D eigenvalue weighted by atomic mass is 10.2. The molecule has 0 saturated carbocycles. The first-order chi connectivity index (χ1) is 9.58. The smallest absolute Gasteiger partial charge is 0.241 e. The Hall–Kier alpha value is -1.59. The highest BCUT2D eigenvalue weighted by molar-refractivity contribution is 5.96. The molecular formula is C15H23N3O2. The molecule has 0 bridgehead atoms. The fraction of sp³-hybridized carbons (Fsp3) is 0.533. The number of amides is 1. The molecule has 5 heteroatoms. The summed E-state index contributed by atoms with van der Waals surface area (Å²) < 4.78 is 5.60. The summed E-state index contributed by atoms with van der Waals surface area (Å²) in [6, 6.07) is 7.06. The zero-order chi connectivity index (χ0) is 14.5. The van der Waals surface area contributed by atoms with Gasteiger partial charge in [0.1, 0.15) is 0 Å². The van der Waals surface area contributed by atoms with Gasteiger partial charge in [0.15, 0.2) is 0 Å². The van der Waals surface area contributed by atoms with E-state index in [1.807, 2.05) is 31.0 Å². The van der Waals surface area contributed by atoms with E-state index in [1.54, 1.807) is 12.1 Å². The number of carbonyl (C=O) groups is 1. The third kappa shape index (κ3) is 3.71. The number of ether oxygens (including phenoxy) is 1. The lowest BCUT2D eigenvalue weighted by Crippen LogP contribution is -2.43. The maximum absolute atomic E-state index is 12.2. The van der Waals surface area contributed by atoms with Gasteiger partial charge in [0.25, 0.3) is 0 Å². The SMILES string of the molecule is CC(C(=O)Nc1ccccc1N)N(C)CC1CCCO1. The van der Waals surface area contributed by atoms with Gasteiger partial charge in [0.2, 0.25) is 5.91 Å². The molecule has 2 rings (SSSR count). The van der Waals surface area contributed by atoms with Crippen LogP contribution in [0, 0.1) is 0 Å². The van der Waals surface area contributed by atoms with Crippen LogP contribution in [-0.2, 0) is 9.53 Å². The number of anilines is 2. The second-order valence-corrected chi connectivity index (χ2v) is 5.33. The molecule has 1 heterocycles. The van der Waals surface area contributed by atoms with Crippen molar-refractivity contribution in [1.82, 2.24) is 4.90 Å². The standard InChI is InChI=1S/C15H23N3O2/c1-11(18(2)10-12-6-5-9-20-12)15(19)17-14-8-4-3-7-13(14)16/h3-4,7-8,11-12H,5-6,9-10,16H2,1-2H3,(H,17,19). The number of rotatable bonds is 5. The summed E-state index contributed by atoms with van der Waals surface area (Å²) in [5.74, 6) is -0.0524. The first kappa shape index (κ1) is 14.8. The molecule has 3 N–H and O–H groups in total. The maximum Gasteiger partial charge on any atom is 0.241 e. The van der Waals surface area contributed by atoms with Crippen molar-refractivity contribution in [2.75, 3.05) is 31.2 Å². The molecule has 0 spiro atoms. The van der Waals surface area contributed by atoms with Crippen LogP contribution in [0.3, 0.4) is 0 Å². The van der Waals surface area contributed by atoms with Crippen molar-refractivity contribution in [2.45, 2.75) is 31.9 Å². The second-order valence-electron chi connectivity index (χ2n) is 5.33. The molecular weight excluding hydrogens is 254 g/mol. The van der Waals surface area contributed by atoms with Crippen LogP contribution in [0.15, 0.2) is 24.3 Å². The molecule has 1 aromatic rings. The molecule has 5 nitrogen and oxygen atoms in total. The van der Waals surface area contributed by atoms with Gasteiger partial charge >= 0.3 is 0 Å². The molecule has 2 unspecified atom stereocenters. The molecule has 1 aliphatic rings. The summed E-state index contributed by atoms with van der Waals surface area (Å²) in [5.41, 5.74) is 7.07. The highest BCUT2D eigenvalue weighted by Crippen LogP contribution is 2.18. The Kier molecular flexibility index (Phi) is 4.98. The quantitative estimate of drug-likeness (QED) is 0.804. The summed E-state index contributed by atoms with van der Waals surface area (Å²) in [4.78, 5) is 14.2. The predicted octanol–water partition coefficient (Wildman–Crippen LogP) is 1.71. The molecule has 1 aliphatic heterocycles. The van der Waals surface area contributed by atoms with Gasteiger partial charge in [-0.15, -0.1) is 0 Å². The number of nitrogens with one attached hydrogen (secondary N) is 1. The highest BCUT2D eigenvalue weighted by Gasteiger charge is 2.23. The van der Waals surface area contributed by atoms with Crippen molar-refractivity contribution in [1.29, 1.82) is 0 Å². The number of nitrogen functional groups attached to an aromatic ring is 1. The molecule has 20 heavy (non-hydrogen) atoms. The maximum atomic E-state index is 12.2. The van der Waals surface area contributed by atoms with Crippen LogP contribution < -0.4 is 11.1 Å². The summed E-state index contributed by atoms with van der Waals surface area (Å²) >= 11 is 0. The molecule has 1 aromatic carbocycles. The minimum atomic E-state index is -0.223. The summed E-state index contributed by atoms with van der Waals surface area (Å²) in [5, 5.41) is 2.87. The minimum Gasteiger partial charge on any atom is -0.397 e. The van der Waals surface area contributed by atoms with E-state index in [0.717, 1.165) is 26.0 Å². The fourth-order valence-corrected chi connectivity index (χ4v) is 2.32. The Morgan fingerprint density at radius 1 is 1.55 bits per heavy atom. The lowest BCUT2D eigenvalue weighted by Gasteiger charge is -2.26.